The van der Waals surface area contributed by atoms with Gasteiger partial charge in [-0.15, -0.1) is 0 Å². The summed E-state index contributed by atoms with van der Waals surface area (Å²) in [7, 11) is 0. The van der Waals surface area contributed by atoms with E-state index in [-0.39, 0.29) is 31.0 Å². The van der Waals surface area contributed by atoms with Gasteiger partial charge in [-0.05, 0) is 44.2 Å². The van der Waals surface area contributed by atoms with Crippen LogP contribution in [0.2, 0.25) is 0 Å². The first-order valence-electron chi connectivity index (χ1n) is 12.1. The summed E-state index contributed by atoms with van der Waals surface area (Å²) in [5.41, 5.74) is 2.05. The Morgan fingerprint density at radius 1 is 1.09 bits per heavy atom. The van der Waals surface area contributed by atoms with Gasteiger partial charge in [0.1, 0.15) is 0 Å². The van der Waals surface area contributed by atoms with E-state index in [0.717, 1.165) is 56.8 Å². The normalized spacial score (nSPS) is 19.8. The number of nitrogens with zero attached hydrogens (tertiary/aromatic N) is 3. The van der Waals surface area contributed by atoms with E-state index in [4.69, 9.17) is 4.74 Å². The van der Waals surface area contributed by atoms with Crippen LogP contribution in [0, 0.1) is 12.8 Å². The summed E-state index contributed by atoms with van der Waals surface area (Å²) in [5.74, 6) is 0.628. The molecule has 7 nitrogen and oxygen atoms in total. The third kappa shape index (κ3) is 7.78. The smallest absolute Gasteiger partial charge is 0.242 e. The number of hydrogen-bond donors (Lipinski definition) is 1. The minimum Gasteiger partial charge on any atom is -0.374 e. The number of likely N-dealkylation sites (tertiary alicyclic amines) is 1. The maximum atomic E-state index is 12.9. The fourth-order valence-corrected chi connectivity index (χ4v) is 4.44. The number of carbonyl (C=O) groups excluding carboxylic acids is 2. The number of hydrogen-bond acceptors (Lipinski definition) is 5. The molecular formula is C25H40N4O3. The zero-order valence-corrected chi connectivity index (χ0v) is 20.0. The summed E-state index contributed by atoms with van der Waals surface area (Å²) in [5, 5.41) is 3.03. The van der Waals surface area contributed by atoms with Gasteiger partial charge in [-0.3, -0.25) is 14.5 Å². The molecule has 178 valence electrons. The van der Waals surface area contributed by atoms with Crippen LogP contribution in [0.5, 0.6) is 0 Å². The van der Waals surface area contributed by atoms with Gasteiger partial charge >= 0.3 is 0 Å². The number of anilines is 1. The molecule has 3 rings (SSSR count). The molecule has 1 aromatic rings. The predicted octanol–water partition coefficient (Wildman–Crippen LogP) is 2.29. The number of amides is 2. The van der Waals surface area contributed by atoms with E-state index in [9.17, 15) is 9.59 Å². The number of rotatable bonds is 9. The molecule has 0 spiro atoms. The van der Waals surface area contributed by atoms with E-state index in [1.54, 1.807) is 0 Å². The van der Waals surface area contributed by atoms with Gasteiger partial charge in [-0.1, -0.05) is 31.5 Å². The first kappa shape index (κ1) is 24.5. The van der Waals surface area contributed by atoms with E-state index in [1.165, 1.54) is 6.42 Å². The highest BCUT2D eigenvalue weighted by molar-refractivity contribution is 5.86. The molecular weight excluding hydrogens is 404 g/mol. The highest BCUT2D eigenvalue weighted by atomic mass is 16.5. The Bertz CT molecular complexity index is 731. The van der Waals surface area contributed by atoms with Gasteiger partial charge in [-0.2, -0.15) is 0 Å². The van der Waals surface area contributed by atoms with Crippen LogP contribution in [-0.4, -0.2) is 86.7 Å². The summed E-state index contributed by atoms with van der Waals surface area (Å²) in [6.07, 6.45) is 3.32. The van der Waals surface area contributed by atoms with Gasteiger partial charge in [0, 0.05) is 45.0 Å². The maximum Gasteiger partial charge on any atom is 0.242 e. The fraction of sp³-hybridized carbons (Fsp3) is 0.680. The predicted molar refractivity (Wildman–Crippen MR) is 128 cm³/mol. The zero-order chi connectivity index (χ0) is 22.9. The Balaban J connectivity index is 1.55. The van der Waals surface area contributed by atoms with Crippen molar-refractivity contribution < 1.29 is 14.3 Å². The largest absolute Gasteiger partial charge is 0.374 e. The highest BCUT2D eigenvalue weighted by Gasteiger charge is 2.24. The second-order valence-electron chi connectivity index (χ2n) is 9.58. The molecule has 2 amide bonds. The molecule has 0 aromatic heterocycles. The number of benzene rings is 1. The van der Waals surface area contributed by atoms with Crippen molar-refractivity contribution in [2.75, 3.05) is 63.9 Å². The molecule has 0 radical (unpaired) electrons. The average Bonchev–Trinajstić information content (AvgIpc) is 2.78. The Morgan fingerprint density at radius 2 is 1.81 bits per heavy atom. The van der Waals surface area contributed by atoms with Gasteiger partial charge in [0.15, 0.2) is 0 Å². The molecule has 1 N–H and O–H groups in total. The second-order valence-corrected chi connectivity index (χ2v) is 9.58. The van der Waals surface area contributed by atoms with Crippen LogP contribution in [-0.2, 0) is 14.3 Å². The van der Waals surface area contributed by atoms with Crippen LogP contribution in [0.1, 0.15) is 38.7 Å². The molecule has 32 heavy (non-hydrogen) atoms. The molecule has 0 bridgehead atoms. The third-order valence-electron chi connectivity index (χ3n) is 6.14. The van der Waals surface area contributed by atoms with Gasteiger partial charge in [0.25, 0.3) is 0 Å². The fourth-order valence-electron chi connectivity index (χ4n) is 4.44. The lowest BCUT2D eigenvalue weighted by molar-refractivity contribution is -0.130. The van der Waals surface area contributed by atoms with Gasteiger partial charge in [0.2, 0.25) is 11.8 Å². The van der Waals surface area contributed by atoms with Crippen molar-refractivity contribution in [3.63, 3.8) is 0 Å². The quantitative estimate of drug-likeness (QED) is 0.633. The summed E-state index contributed by atoms with van der Waals surface area (Å²) in [6, 6.07) is 8.01. The number of piperidine rings is 1. The van der Waals surface area contributed by atoms with E-state index >= 15 is 0 Å². The first-order chi connectivity index (χ1) is 15.4. The molecule has 2 aliphatic rings. The van der Waals surface area contributed by atoms with Crippen LogP contribution in [0.15, 0.2) is 24.3 Å². The van der Waals surface area contributed by atoms with Crippen molar-refractivity contribution in [2.45, 2.75) is 46.1 Å². The molecule has 1 atom stereocenters. The summed E-state index contributed by atoms with van der Waals surface area (Å²) >= 11 is 0. The highest BCUT2D eigenvalue weighted by Crippen LogP contribution is 2.16. The number of ether oxygens (including phenoxy) is 1. The summed E-state index contributed by atoms with van der Waals surface area (Å²) in [4.78, 5) is 31.9. The minimum atomic E-state index is -0.0818. The number of aryl methyl sites for hydroxylation is 1. The van der Waals surface area contributed by atoms with E-state index in [2.05, 4.69) is 24.1 Å². The van der Waals surface area contributed by atoms with Crippen LogP contribution in [0.25, 0.3) is 0 Å². The standard InChI is InChI=1S/C25H40N4O3/c1-20(2)16-27-13-14-32-23(17-27)15-26-24(30)18-29(22-9-7-21(3)8-10-22)19-25(31)28-11-5-4-6-12-28/h7-10,20,23H,4-6,11-19H2,1-3H3,(H,26,30). The van der Waals surface area contributed by atoms with Crippen molar-refractivity contribution in [3.05, 3.63) is 29.8 Å². The third-order valence-corrected chi connectivity index (χ3v) is 6.14. The monoisotopic (exact) mass is 444 g/mol. The minimum absolute atomic E-state index is 0.00857. The van der Waals surface area contributed by atoms with Crippen molar-refractivity contribution in [1.82, 2.24) is 15.1 Å². The summed E-state index contributed by atoms with van der Waals surface area (Å²) < 4.78 is 5.86. The van der Waals surface area contributed by atoms with Crippen LogP contribution in [0.3, 0.4) is 0 Å². The lowest BCUT2D eigenvalue weighted by Crippen LogP contribution is -2.50. The second kappa shape index (κ2) is 12.2. The van der Waals surface area contributed by atoms with Crippen molar-refractivity contribution in [3.8, 4) is 0 Å². The maximum absolute atomic E-state index is 12.9. The Labute approximate surface area is 193 Å². The van der Waals surface area contributed by atoms with Crippen molar-refractivity contribution in [1.29, 1.82) is 0 Å². The molecule has 2 saturated heterocycles. The Kier molecular flexibility index (Phi) is 9.36. The molecule has 1 aromatic carbocycles. The van der Waals surface area contributed by atoms with E-state index in [1.807, 2.05) is 41.0 Å². The van der Waals surface area contributed by atoms with Gasteiger partial charge in [0.05, 0.1) is 25.8 Å². The van der Waals surface area contributed by atoms with Crippen molar-refractivity contribution >= 4 is 17.5 Å². The molecule has 2 fully saturated rings. The summed E-state index contributed by atoms with van der Waals surface area (Å²) in [6.45, 7) is 12.5. The Morgan fingerprint density at radius 3 is 2.50 bits per heavy atom. The molecule has 0 saturated carbocycles. The van der Waals surface area contributed by atoms with E-state index in [0.29, 0.717) is 19.1 Å². The van der Waals surface area contributed by atoms with Gasteiger partial charge in [-0.25, -0.2) is 0 Å². The number of nitrogens with one attached hydrogen (secondary N) is 1. The Hall–Kier alpha value is -2.12. The average molecular weight is 445 g/mol. The topological polar surface area (TPSA) is 65.1 Å². The van der Waals surface area contributed by atoms with Crippen LogP contribution < -0.4 is 10.2 Å². The first-order valence-corrected chi connectivity index (χ1v) is 12.1. The molecule has 0 aliphatic carbocycles. The van der Waals surface area contributed by atoms with Crippen LogP contribution in [0.4, 0.5) is 5.69 Å². The number of morpholine rings is 1. The number of carbonyl (C=O) groups is 2. The molecule has 1 unspecified atom stereocenters. The SMILES string of the molecule is Cc1ccc(N(CC(=O)NCC2CN(CC(C)C)CCO2)CC(=O)N2CCCCC2)cc1. The molecule has 2 heterocycles. The van der Waals surface area contributed by atoms with E-state index < -0.39 is 0 Å². The van der Waals surface area contributed by atoms with Gasteiger partial charge < -0.3 is 19.9 Å². The van der Waals surface area contributed by atoms with Crippen LogP contribution >= 0.6 is 0 Å². The van der Waals surface area contributed by atoms with Crippen molar-refractivity contribution in [2.24, 2.45) is 5.92 Å². The molecule has 7 heteroatoms. The zero-order valence-electron chi connectivity index (χ0n) is 20.0. The molecule has 2 aliphatic heterocycles. The lowest BCUT2D eigenvalue weighted by atomic mass is 10.1. The lowest BCUT2D eigenvalue weighted by Gasteiger charge is -2.34.